The van der Waals surface area contributed by atoms with Gasteiger partial charge in [0.1, 0.15) is 10.8 Å². The standard InChI is InChI=1S/C10H8ClIN4O/c11-8-5-14-10(16-13)15-9(8)17-7-3-1-2-6(12)4-7/h1-5H,13H2,(H,14,15,16). The Morgan fingerprint density at radius 3 is 2.94 bits per heavy atom. The Hall–Kier alpha value is -1.12. The normalized spacial score (nSPS) is 10.1. The van der Waals surface area contributed by atoms with Crippen LogP contribution < -0.4 is 16.0 Å². The quantitative estimate of drug-likeness (QED) is 0.499. The van der Waals surface area contributed by atoms with Crippen molar-refractivity contribution in [2.75, 3.05) is 5.43 Å². The number of benzene rings is 1. The third-order valence-electron chi connectivity index (χ3n) is 1.85. The Kier molecular flexibility index (Phi) is 3.97. The van der Waals surface area contributed by atoms with Crippen LogP contribution in [-0.2, 0) is 0 Å². The van der Waals surface area contributed by atoms with Crippen molar-refractivity contribution in [3.05, 3.63) is 39.1 Å². The Morgan fingerprint density at radius 2 is 2.24 bits per heavy atom. The van der Waals surface area contributed by atoms with Crippen molar-refractivity contribution in [3.8, 4) is 11.6 Å². The van der Waals surface area contributed by atoms with Gasteiger partial charge in [0.2, 0.25) is 11.8 Å². The fourth-order valence-corrected chi connectivity index (χ4v) is 1.78. The number of hydrazine groups is 1. The molecular weight excluding hydrogens is 354 g/mol. The van der Waals surface area contributed by atoms with Crippen LogP contribution in [0.3, 0.4) is 0 Å². The van der Waals surface area contributed by atoms with E-state index in [0.29, 0.717) is 10.8 Å². The second kappa shape index (κ2) is 5.48. The zero-order chi connectivity index (χ0) is 12.3. The highest BCUT2D eigenvalue weighted by Gasteiger charge is 2.07. The van der Waals surface area contributed by atoms with Crippen molar-refractivity contribution in [1.29, 1.82) is 0 Å². The molecule has 1 aromatic heterocycles. The topological polar surface area (TPSA) is 73.1 Å². The molecule has 7 heteroatoms. The Labute approximate surface area is 116 Å². The first-order valence-corrected chi connectivity index (χ1v) is 6.07. The summed E-state index contributed by atoms with van der Waals surface area (Å²) in [6.07, 6.45) is 1.42. The van der Waals surface area contributed by atoms with E-state index in [1.165, 1.54) is 6.20 Å². The number of nitrogens with zero attached hydrogens (tertiary/aromatic N) is 2. The summed E-state index contributed by atoms with van der Waals surface area (Å²) in [4.78, 5) is 7.87. The van der Waals surface area contributed by atoms with Crippen molar-refractivity contribution in [2.45, 2.75) is 0 Å². The molecule has 2 rings (SSSR count). The van der Waals surface area contributed by atoms with Crippen LogP contribution in [0.4, 0.5) is 5.95 Å². The van der Waals surface area contributed by atoms with E-state index in [9.17, 15) is 0 Å². The molecule has 2 aromatic rings. The number of nitrogens with two attached hydrogens (primary N) is 1. The summed E-state index contributed by atoms with van der Waals surface area (Å²) < 4.78 is 6.61. The van der Waals surface area contributed by atoms with Crippen molar-refractivity contribution < 1.29 is 4.74 Å². The number of halogens is 2. The number of hydrogen-bond donors (Lipinski definition) is 2. The van der Waals surface area contributed by atoms with Crippen molar-refractivity contribution in [3.63, 3.8) is 0 Å². The molecule has 17 heavy (non-hydrogen) atoms. The molecule has 5 nitrogen and oxygen atoms in total. The van der Waals surface area contributed by atoms with Crippen LogP contribution in [0.15, 0.2) is 30.5 Å². The monoisotopic (exact) mass is 362 g/mol. The van der Waals surface area contributed by atoms with E-state index in [2.05, 4.69) is 38.0 Å². The Balaban J connectivity index is 2.29. The van der Waals surface area contributed by atoms with Crippen LogP contribution in [0.2, 0.25) is 5.02 Å². The van der Waals surface area contributed by atoms with Gasteiger partial charge in [-0.1, -0.05) is 17.7 Å². The van der Waals surface area contributed by atoms with E-state index in [1.807, 2.05) is 24.3 Å². The van der Waals surface area contributed by atoms with Crippen molar-refractivity contribution in [1.82, 2.24) is 9.97 Å². The molecule has 0 bridgehead atoms. The lowest BCUT2D eigenvalue weighted by atomic mass is 10.3. The number of hydrogen-bond acceptors (Lipinski definition) is 5. The molecule has 0 amide bonds. The summed E-state index contributed by atoms with van der Waals surface area (Å²) in [7, 11) is 0. The highest BCUT2D eigenvalue weighted by atomic mass is 127. The zero-order valence-electron chi connectivity index (χ0n) is 8.52. The van der Waals surface area contributed by atoms with Crippen molar-refractivity contribution in [2.24, 2.45) is 5.84 Å². The van der Waals surface area contributed by atoms with Gasteiger partial charge in [0.25, 0.3) is 0 Å². The third kappa shape index (κ3) is 3.18. The first-order chi connectivity index (χ1) is 8.19. The molecule has 88 valence electrons. The molecule has 0 saturated carbocycles. The molecule has 1 aromatic carbocycles. The number of anilines is 1. The van der Waals surface area contributed by atoms with E-state index in [-0.39, 0.29) is 11.8 Å². The van der Waals surface area contributed by atoms with Gasteiger partial charge in [0.15, 0.2) is 0 Å². The van der Waals surface area contributed by atoms with E-state index < -0.39 is 0 Å². The van der Waals surface area contributed by atoms with Gasteiger partial charge in [-0.05, 0) is 40.8 Å². The highest BCUT2D eigenvalue weighted by Crippen LogP contribution is 2.27. The van der Waals surface area contributed by atoms with Crippen molar-refractivity contribution >= 4 is 40.1 Å². The van der Waals surface area contributed by atoms with Gasteiger partial charge in [-0.2, -0.15) is 4.98 Å². The molecule has 0 fully saturated rings. The predicted molar refractivity (Wildman–Crippen MR) is 74.1 cm³/mol. The predicted octanol–water partition coefficient (Wildman–Crippen LogP) is 2.81. The molecule has 0 aliphatic heterocycles. The van der Waals surface area contributed by atoms with E-state index in [0.717, 1.165) is 3.57 Å². The van der Waals surface area contributed by atoms with E-state index >= 15 is 0 Å². The average molecular weight is 363 g/mol. The largest absolute Gasteiger partial charge is 0.437 e. The maximum absolute atomic E-state index is 5.92. The fraction of sp³-hybridized carbons (Fsp3) is 0. The Bertz CT molecular complexity index is 537. The summed E-state index contributed by atoms with van der Waals surface area (Å²) >= 11 is 8.12. The molecule has 0 unspecified atom stereocenters. The van der Waals surface area contributed by atoms with Gasteiger partial charge in [-0.15, -0.1) is 0 Å². The zero-order valence-corrected chi connectivity index (χ0v) is 11.4. The van der Waals surface area contributed by atoms with Crippen LogP contribution >= 0.6 is 34.2 Å². The van der Waals surface area contributed by atoms with Gasteiger partial charge >= 0.3 is 0 Å². The Morgan fingerprint density at radius 1 is 1.41 bits per heavy atom. The van der Waals surface area contributed by atoms with E-state index in [1.54, 1.807) is 0 Å². The second-order valence-electron chi connectivity index (χ2n) is 3.05. The minimum absolute atomic E-state index is 0.245. The minimum atomic E-state index is 0.245. The van der Waals surface area contributed by atoms with Crippen LogP contribution in [-0.4, -0.2) is 9.97 Å². The smallest absolute Gasteiger partial charge is 0.243 e. The van der Waals surface area contributed by atoms with Crippen LogP contribution in [0.25, 0.3) is 0 Å². The molecular formula is C10H8ClIN4O. The average Bonchev–Trinajstić information content (AvgIpc) is 2.32. The highest BCUT2D eigenvalue weighted by molar-refractivity contribution is 14.1. The lowest BCUT2D eigenvalue weighted by Gasteiger charge is -2.07. The molecule has 0 radical (unpaired) electrons. The summed E-state index contributed by atoms with van der Waals surface area (Å²) in [5, 5.41) is 0.322. The summed E-state index contributed by atoms with van der Waals surface area (Å²) in [5.74, 6) is 6.37. The summed E-state index contributed by atoms with van der Waals surface area (Å²) in [6, 6.07) is 7.53. The van der Waals surface area contributed by atoms with Crippen LogP contribution in [0, 0.1) is 3.57 Å². The SMILES string of the molecule is NNc1ncc(Cl)c(Oc2cccc(I)c2)n1. The molecule has 3 N–H and O–H groups in total. The van der Waals surface area contributed by atoms with E-state index in [4.69, 9.17) is 22.2 Å². The first-order valence-electron chi connectivity index (χ1n) is 4.61. The maximum atomic E-state index is 5.92. The molecule has 0 aliphatic carbocycles. The number of rotatable bonds is 3. The van der Waals surface area contributed by atoms with Gasteiger partial charge in [0.05, 0.1) is 6.20 Å². The number of ether oxygens (including phenoxy) is 1. The lowest BCUT2D eigenvalue weighted by Crippen LogP contribution is -2.10. The molecule has 1 heterocycles. The number of nitrogen functional groups attached to an aromatic ring is 1. The third-order valence-corrected chi connectivity index (χ3v) is 2.78. The maximum Gasteiger partial charge on any atom is 0.243 e. The summed E-state index contributed by atoms with van der Waals surface area (Å²) in [6.45, 7) is 0. The second-order valence-corrected chi connectivity index (χ2v) is 4.70. The lowest BCUT2D eigenvalue weighted by molar-refractivity contribution is 0.462. The number of aromatic nitrogens is 2. The summed E-state index contributed by atoms with van der Waals surface area (Å²) in [5.41, 5.74) is 2.33. The fourth-order valence-electron chi connectivity index (χ4n) is 1.13. The molecule has 0 atom stereocenters. The minimum Gasteiger partial charge on any atom is -0.437 e. The molecule has 0 aliphatic rings. The first kappa shape index (κ1) is 12.3. The van der Waals surface area contributed by atoms with Gasteiger partial charge in [0, 0.05) is 3.57 Å². The van der Waals surface area contributed by atoms with Gasteiger partial charge in [-0.25, -0.2) is 10.8 Å². The molecule has 0 spiro atoms. The van der Waals surface area contributed by atoms with Crippen LogP contribution in [0.1, 0.15) is 0 Å². The van der Waals surface area contributed by atoms with Gasteiger partial charge < -0.3 is 4.74 Å². The number of nitrogens with one attached hydrogen (secondary N) is 1. The van der Waals surface area contributed by atoms with Gasteiger partial charge in [-0.3, -0.25) is 5.43 Å². The van der Waals surface area contributed by atoms with Crippen LogP contribution in [0.5, 0.6) is 11.6 Å². The molecule has 0 saturated heterocycles.